The van der Waals surface area contributed by atoms with E-state index in [1.54, 1.807) is 0 Å². The number of aromatic nitrogens is 1. The third-order valence-corrected chi connectivity index (χ3v) is 3.60. The molecule has 3 heteroatoms. The number of aryl methyl sites for hydroxylation is 1. The van der Waals surface area contributed by atoms with Crippen molar-refractivity contribution >= 4 is 5.57 Å². The van der Waals surface area contributed by atoms with Crippen molar-refractivity contribution in [2.45, 2.75) is 58.6 Å². The van der Waals surface area contributed by atoms with Crippen LogP contribution in [-0.4, -0.2) is 22.2 Å². The number of hydrogen-bond donors (Lipinski definition) is 2. The Hall–Kier alpha value is -1.19. The number of allylic oxidation sites excluding steroid dienone is 2. The molecule has 20 heavy (non-hydrogen) atoms. The molecule has 1 aliphatic rings. The molecule has 3 nitrogen and oxygen atoms in total. The molecule has 2 rings (SSSR count). The largest absolute Gasteiger partial charge is 0.387 e. The lowest BCUT2D eigenvalue weighted by atomic mass is 9.99. The summed E-state index contributed by atoms with van der Waals surface area (Å²) in [5.74, 6) is 0. The fourth-order valence-electron chi connectivity index (χ4n) is 2.49. The van der Waals surface area contributed by atoms with E-state index < -0.39 is 6.10 Å². The fraction of sp³-hybridized carbons (Fsp3) is 0.588. The van der Waals surface area contributed by atoms with Gasteiger partial charge in [0.1, 0.15) is 0 Å². The standard InChI is InChI=1S/C17H26N2O/c1-12-9-10-14(15(20)11-18-17(2,3)4)16(19-12)13-7-5-6-8-13/h7,9-10,15,18,20H,5-6,8,11H2,1-4H3/t15-/m0/s1. The molecule has 110 valence electrons. The molecule has 1 aliphatic carbocycles. The molecule has 0 saturated carbocycles. The van der Waals surface area contributed by atoms with Crippen molar-refractivity contribution in [3.05, 3.63) is 35.2 Å². The van der Waals surface area contributed by atoms with Crippen LogP contribution in [0, 0.1) is 6.92 Å². The third-order valence-electron chi connectivity index (χ3n) is 3.60. The van der Waals surface area contributed by atoms with Gasteiger partial charge in [0.2, 0.25) is 0 Å². The molecular formula is C17H26N2O. The van der Waals surface area contributed by atoms with Gasteiger partial charge >= 0.3 is 0 Å². The van der Waals surface area contributed by atoms with E-state index in [9.17, 15) is 5.11 Å². The van der Waals surface area contributed by atoms with E-state index in [1.165, 1.54) is 12.0 Å². The first-order valence-corrected chi connectivity index (χ1v) is 7.47. The van der Waals surface area contributed by atoms with E-state index in [1.807, 2.05) is 19.1 Å². The average Bonchev–Trinajstić information content (AvgIpc) is 2.88. The Morgan fingerprint density at radius 3 is 2.70 bits per heavy atom. The van der Waals surface area contributed by atoms with E-state index in [0.717, 1.165) is 29.8 Å². The van der Waals surface area contributed by atoms with Crippen LogP contribution < -0.4 is 5.32 Å². The zero-order valence-electron chi connectivity index (χ0n) is 13.0. The highest BCUT2D eigenvalue weighted by atomic mass is 16.3. The highest BCUT2D eigenvalue weighted by molar-refractivity contribution is 5.67. The first kappa shape index (κ1) is 15.2. The minimum absolute atomic E-state index is 0.00585. The predicted molar refractivity (Wildman–Crippen MR) is 83.5 cm³/mol. The Morgan fingerprint density at radius 2 is 2.10 bits per heavy atom. The topological polar surface area (TPSA) is 45.1 Å². The van der Waals surface area contributed by atoms with E-state index in [4.69, 9.17) is 0 Å². The second-order valence-electron chi connectivity index (χ2n) is 6.66. The molecule has 0 aromatic carbocycles. The van der Waals surface area contributed by atoms with Gasteiger partial charge in [-0.15, -0.1) is 0 Å². The summed E-state index contributed by atoms with van der Waals surface area (Å²) in [7, 11) is 0. The molecule has 0 spiro atoms. The molecule has 1 aromatic heterocycles. The summed E-state index contributed by atoms with van der Waals surface area (Å²) in [5.41, 5.74) is 4.24. The monoisotopic (exact) mass is 274 g/mol. The lowest BCUT2D eigenvalue weighted by molar-refractivity contribution is 0.162. The molecule has 0 radical (unpaired) electrons. The summed E-state index contributed by atoms with van der Waals surface area (Å²) in [6.45, 7) is 8.87. The molecule has 0 bridgehead atoms. The van der Waals surface area contributed by atoms with Crippen LogP contribution in [-0.2, 0) is 0 Å². The van der Waals surface area contributed by atoms with E-state index in [-0.39, 0.29) is 5.54 Å². The van der Waals surface area contributed by atoms with Gasteiger partial charge < -0.3 is 10.4 Å². The molecule has 0 fully saturated rings. The second kappa shape index (κ2) is 6.06. The highest BCUT2D eigenvalue weighted by Gasteiger charge is 2.20. The SMILES string of the molecule is Cc1ccc([C@@H](O)CNC(C)(C)C)c(C2=CCCC2)n1. The van der Waals surface area contributed by atoms with Gasteiger partial charge in [-0.1, -0.05) is 12.1 Å². The maximum absolute atomic E-state index is 10.5. The normalized spacial score (nSPS) is 17.1. The van der Waals surface area contributed by atoms with E-state index in [2.05, 4.69) is 37.1 Å². The molecule has 1 heterocycles. The molecular weight excluding hydrogens is 248 g/mol. The number of nitrogens with zero attached hydrogens (tertiary/aromatic N) is 1. The van der Waals surface area contributed by atoms with Crippen molar-refractivity contribution in [2.75, 3.05) is 6.54 Å². The van der Waals surface area contributed by atoms with Crippen LogP contribution in [0.3, 0.4) is 0 Å². The van der Waals surface area contributed by atoms with Crippen LogP contribution in [0.15, 0.2) is 18.2 Å². The van der Waals surface area contributed by atoms with Crippen LogP contribution in [0.2, 0.25) is 0 Å². The van der Waals surface area contributed by atoms with Gasteiger partial charge in [-0.2, -0.15) is 0 Å². The molecule has 1 aromatic rings. The van der Waals surface area contributed by atoms with Crippen LogP contribution in [0.1, 0.15) is 63.1 Å². The Kier molecular flexibility index (Phi) is 4.61. The zero-order valence-corrected chi connectivity index (χ0v) is 13.0. The molecule has 0 amide bonds. The van der Waals surface area contributed by atoms with Crippen molar-refractivity contribution in [1.82, 2.24) is 10.3 Å². The van der Waals surface area contributed by atoms with Crippen molar-refractivity contribution in [1.29, 1.82) is 0 Å². The minimum atomic E-state index is -0.515. The maximum Gasteiger partial charge on any atom is 0.0935 e. The summed E-state index contributed by atoms with van der Waals surface area (Å²) in [4.78, 5) is 4.66. The zero-order chi connectivity index (χ0) is 14.8. The Bertz CT molecular complexity index is 500. The van der Waals surface area contributed by atoms with Crippen molar-refractivity contribution in [3.8, 4) is 0 Å². The van der Waals surface area contributed by atoms with Crippen LogP contribution >= 0.6 is 0 Å². The number of aliphatic hydroxyl groups is 1. The summed E-state index contributed by atoms with van der Waals surface area (Å²) in [5, 5.41) is 13.8. The van der Waals surface area contributed by atoms with Crippen molar-refractivity contribution in [3.63, 3.8) is 0 Å². The van der Waals surface area contributed by atoms with Gasteiger partial charge in [0, 0.05) is 23.3 Å². The molecule has 0 aliphatic heterocycles. The van der Waals surface area contributed by atoms with Crippen LogP contribution in [0.25, 0.3) is 5.57 Å². The van der Waals surface area contributed by atoms with E-state index >= 15 is 0 Å². The summed E-state index contributed by atoms with van der Waals surface area (Å²) < 4.78 is 0. The highest BCUT2D eigenvalue weighted by Crippen LogP contribution is 2.31. The molecule has 1 atom stereocenters. The van der Waals surface area contributed by atoms with Crippen molar-refractivity contribution < 1.29 is 5.11 Å². The van der Waals surface area contributed by atoms with Crippen LogP contribution in [0.4, 0.5) is 0 Å². The van der Waals surface area contributed by atoms with Crippen LogP contribution in [0.5, 0.6) is 0 Å². The quantitative estimate of drug-likeness (QED) is 0.884. The third kappa shape index (κ3) is 3.90. The van der Waals surface area contributed by atoms with Crippen molar-refractivity contribution in [2.24, 2.45) is 0 Å². The summed E-state index contributed by atoms with van der Waals surface area (Å²) >= 11 is 0. The first-order valence-electron chi connectivity index (χ1n) is 7.47. The second-order valence-corrected chi connectivity index (χ2v) is 6.66. The first-order chi connectivity index (χ1) is 9.37. The Morgan fingerprint density at radius 1 is 1.35 bits per heavy atom. The van der Waals surface area contributed by atoms with E-state index in [0.29, 0.717) is 6.54 Å². The average molecular weight is 274 g/mol. The number of rotatable bonds is 4. The minimum Gasteiger partial charge on any atom is -0.387 e. The number of nitrogens with one attached hydrogen (secondary N) is 1. The van der Waals surface area contributed by atoms with Gasteiger partial charge in [0.05, 0.1) is 11.8 Å². The maximum atomic E-state index is 10.5. The van der Waals surface area contributed by atoms with Gasteiger partial charge in [-0.3, -0.25) is 4.98 Å². The Balaban J connectivity index is 2.22. The summed E-state index contributed by atoms with van der Waals surface area (Å²) in [6, 6.07) is 4.00. The van der Waals surface area contributed by atoms with Gasteiger partial charge in [-0.05, 0) is 58.6 Å². The predicted octanol–water partition coefficient (Wildman–Crippen LogP) is 3.38. The molecule has 2 N–H and O–H groups in total. The number of aliphatic hydroxyl groups excluding tert-OH is 1. The number of hydrogen-bond acceptors (Lipinski definition) is 3. The van der Waals surface area contributed by atoms with Gasteiger partial charge in [0.15, 0.2) is 0 Å². The fourth-order valence-corrected chi connectivity index (χ4v) is 2.49. The smallest absolute Gasteiger partial charge is 0.0935 e. The summed E-state index contributed by atoms with van der Waals surface area (Å²) in [6.07, 6.45) is 5.14. The molecule has 0 saturated heterocycles. The number of β-amino-alcohol motifs (C(OH)–C–C–N with tert-alkyl or cyclic N) is 1. The lowest BCUT2D eigenvalue weighted by Crippen LogP contribution is -2.38. The molecule has 0 unspecified atom stereocenters. The lowest BCUT2D eigenvalue weighted by Gasteiger charge is -2.24. The van der Waals surface area contributed by atoms with Gasteiger partial charge in [-0.25, -0.2) is 0 Å². The Labute approximate surface area is 122 Å². The number of pyridine rings is 1. The van der Waals surface area contributed by atoms with Gasteiger partial charge in [0.25, 0.3) is 0 Å².